The maximum absolute atomic E-state index is 13.0. The molecule has 0 radical (unpaired) electrons. The Hall–Kier alpha value is -1.75. The van der Waals surface area contributed by atoms with Gasteiger partial charge in [-0.1, -0.05) is 6.07 Å². The summed E-state index contributed by atoms with van der Waals surface area (Å²) in [7, 11) is -7.35. The number of aromatic nitrogens is 2. The second-order valence-corrected chi connectivity index (χ2v) is 10.8. The molecule has 0 aliphatic carbocycles. The maximum Gasteiger partial charge on any atom is 0.246 e. The van der Waals surface area contributed by atoms with E-state index in [-0.39, 0.29) is 36.0 Å². The molecule has 0 N–H and O–H groups in total. The van der Waals surface area contributed by atoms with Crippen LogP contribution < -0.4 is 0 Å². The highest BCUT2D eigenvalue weighted by Crippen LogP contribution is 2.24. The molecule has 8 nitrogen and oxygen atoms in total. The van der Waals surface area contributed by atoms with Crippen LogP contribution >= 0.6 is 0 Å². The third-order valence-electron chi connectivity index (χ3n) is 5.29. The highest BCUT2D eigenvalue weighted by atomic mass is 32.2. The lowest BCUT2D eigenvalue weighted by atomic mass is 10.1. The summed E-state index contributed by atoms with van der Waals surface area (Å²) in [5, 5.41) is 4.11. The molecule has 10 heteroatoms. The van der Waals surface area contributed by atoms with Crippen molar-refractivity contribution in [1.82, 2.24) is 18.4 Å². The quantitative estimate of drug-likeness (QED) is 0.723. The molecule has 2 aromatic rings. The van der Waals surface area contributed by atoms with Gasteiger partial charge in [0, 0.05) is 32.7 Å². The van der Waals surface area contributed by atoms with E-state index in [4.69, 9.17) is 0 Å². The Morgan fingerprint density at radius 2 is 1.46 bits per heavy atom. The van der Waals surface area contributed by atoms with Crippen molar-refractivity contribution in [2.24, 2.45) is 0 Å². The second kappa shape index (κ2) is 7.58. The van der Waals surface area contributed by atoms with Crippen molar-refractivity contribution >= 4 is 20.0 Å². The Labute approximate surface area is 166 Å². The van der Waals surface area contributed by atoms with Crippen molar-refractivity contribution in [1.29, 1.82) is 0 Å². The first-order valence-electron chi connectivity index (χ1n) is 9.19. The zero-order valence-electron chi connectivity index (χ0n) is 16.6. The molecule has 1 aromatic carbocycles. The van der Waals surface area contributed by atoms with Crippen LogP contribution in [0.1, 0.15) is 23.7 Å². The summed E-state index contributed by atoms with van der Waals surface area (Å²) >= 11 is 0. The van der Waals surface area contributed by atoms with E-state index in [9.17, 15) is 16.8 Å². The van der Waals surface area contributed by atoms with E-state index in [0.29, 0.717) is 12.2 Å². The van der Waals surface area contributed by atoms with Crippen LogP contribution in [0, 0.1) is 20.8 Å². The van der Waals surface area contributed by atoms with E-state index in [1.54, 1.807) is 29.8 Å². The van der Waals surface area contributed by atoms with Crippen molar-refractivity contribution in [2.75, 3.05) is 26.2 Å². The van der Waals surface area contributed by atoms with Crippen LogP contribution in [-0.2, 0) is 26.6 Å². The number of benzene rings is 1. The zero-order chi connectivity index (χ0) is 20.7. The first-order valence-corrected chi connectivity index (χ1v) is 12.1. The smallest absolute Gasteiger partial charge is 0.246 e. The lowest BCUT2D eigenvalue weighted by Gasteiger charge is -2.33. The third kappa shape index (κ3) is 3.61. The zero-order valence-corrected chi connectivity index (χ0v) is 18.2. The van der Waals surface area contributed by atoms with Crippen LogP contribution in [-0.4, -0.2) is 61.4 Å². The summed E-state index contributed by atoms with van der Waals surface area (Å²) in [6, 6.07) is 5.05. The average Bonchev–Trinajstić information content (AvgIpc) is 3.05. The Bertz CT molecular complexity index is 1080. The van der Waals surface area contributed by atoms with Gasteiger partial charge in [-0.25, -0.2) is 16.8 Å². The predicted molar refractivity (Wildman–Crippen MR) is 106 cm³/mol. The lowest BCUT2D eigenvalue weighted by molar-refractivity contribution is 0.272. The number of rotatable bonds is 5. The predicted octanol–water partition coefficient (Wildman–Crippen LogP) is 1.52. The molecule has 154 valence electrons. The van der Waals surface area contributed by atoms with Gasteiger partial charge in [-0.2, -0.15) is 13.7 Å². The van der Waals surface area contributed by atoms with E-state index >= 15 is 0 Å². The minimum Gasteiger partial charge on any atom is -0.269 e. The number of piperazine rings is 1. The molecule has 1 aliphatic rings. The molecule has 0 spiro atoms. The largest absolute Gasteiger partial charge is 0.269 e. The van der Waals surface area contributed by atoms with Crippen molar-refractivity contribution in [3.05, 3.63) is 41.2 Å². The SMILES string of the molecule is CCn1ncc(S(=O)(=O)N2CCN(S(=O)(=O)c3ccc(C)c(C)c3)CC2)c1C. The molecule has 0 saturated carbocycles. The van der Waals surface area contributed by atoms with E-state index in [1.807, 2.05) is 20.8 Å². The van der Waals surface area contributed by atoms with Crippen LogP contribution in [0.5, 0.6) is 0 Å². The normalized spacial score (nSPS) is 17.1. The molecule has 0 amide bonds. The van der Waals surface area contributed by atoms with Gasteiger partial charge in [0.25, 0.3) is 0 Å². The van der Waals surface area contributed by atoms with Gasteiger partial charge in [0.1, 0.15) is 4.90 Å². The maximum atomic E-state index is 13.0. The summed E-state index contributed by atoms with van der Waals surface area (Å²) in [4.78, 5) is 0.423. The summed E-state index contributed by atoms with van der Waals surface area (Å²) in [6.45, 7) is 8.48. The number of aryl methyl sites for hydroxylation is 3. The van der Waals surface area contributed by atoms with Gasteiger partial charge in [0.2, 0.25) is 20.0 Å². The van der Waals surface area contributed by atoms with Crippen LogP contribution in [0.2, 0.25) is 0 Å². The first kappa shape index (κ1) is 21.0. The number of nitrogens with zero attached hydrogens (tertiary/aromatic N) is 4. The Balaban J connectivity index is 1.78. The van der Waals surface area contributed by atoms with E-state index in [1.165, 1.54) is 14.8 Å². The van der Waals surface area contributed by atoms with Crippen LogP contribution in [0.3, 0.4) is 0 Å². The molecular formula is C18H26N4O4S2. The number of hydrogen-bond donors (Lipinski definition) is 0. The average molecular weight is 427 g/mol. The highest BCUT2D eigenvalue weighted by Gasteiger charge is 2.35. The van der Waals surface area contributed by atoms with Gasteiger partial charge >= 0.3 is 0 Å². The highest BCUT2D eigenvalue weighted by molar-refractivity contribution is 7.89. The molecule has 3 rings (SSSR count). The van der Waals surface area contributed by atoms with Gasteiger partial charge in [-0.05, 0) is 51.0 Å². The summed E-state index contributed by atoms with van der Waals surface area (Å²) < 4.78 is 56.1. The van der Waals surface area contributed by atoms with Gasteiger partial charge in [-0.15, -0.1) is 0 Å². The first-order chi connectivity index (χ1) is 13.1. The van der Waals surface area contributed by atoms with Crippen molar-refractivity contribution < 1.29 is 16.8 Å². The molecule has 1 saturated heterocycles. The fourth-order valence-corrected chi connectivity index (χ4v) is 6.40. The minimum absolute atomic E-state index is 0.114. The topological polar surface area (TPSA) is 92.6 Å². The Morgan fingerprint density at radius 1 is 0.893 bits per heavy atom. The van der Waals surface area contributed by atoms with E-state index < -0.39 is 20.0 Å². The molecule has 1 aromatic heterocycles. The monoisotopic (exact) mass is 426 g/mol. The number of sulfonamides is 2. The molecule has 0 atom stereocenters. The fraction of sp³-hybridized carbons (Fsp3) is 0.500. The molecule has 28 heavy (non-hydrogen) atoms. The summed E-state index contributed by atoms with van der Waals surface area (Å²) in [5.41, 5.74) is 2.52. The van der Waals surface area contributed by atoms with Crippen molar-refractivity contribution in [3.8, 4) is 0 Å². The van der Waals surface area contributed by atoms with Crippen molar-refractivity contribution in [2.45, 2.75) is 44.0 Å². The third-order valence-corrected chi connectivity index (χ3v) is 9.19. The summed E-state index contributed by atoms with van der Waals surface area (Å²) in [5.74, 6) is 0. The van der Waals surface area contributed by atoms with Crippen molar-refractivity contribution in [3.63, 3.8) is 0 Å². The standard InChI is InChI=1S/C18H26N4O4S2/c1-5-22-16(4)18(13-19-22)28(25,26)21-10-8-20(9-11-21)27(23,24)17-7-6-14(2)15(3)12-17/h6-7,12-13H,5,8-11H2,1-4H3. The van der Waals surface area contributed by atoms with Gasteiger partial charge < -0.3 is 0 Å². The molecule has 1 aliphatic heterocycles. The Morgan fingerprint density at radius 3 is 1.96 bits per heavy atom. The van der Waals surface area contributed by atoms with Crippen LogP contribution in [0.15, 0.2) is 34.2 Å². The van der Waals surface area contributed by atoms with Gasteiger partial charge in [0.15, 0.2) is 0 Å². The fourth-order valence-electron chi connectivity index (χ4n) is 3.31. The summed E-state index contributed by atoms with van der Waals surface area (Å²) in [6.07, 6.45) is 1.37. The molecule has 0 unspecified atom stereocenters. The minimum atomic E-state index is -3.70. The van der Waals surface area contributed by atoms with Gasteiger partial charge in [0.05, 0.1) is 16.8 Å². The number of hydrogen-bond acceptors (Lipinski definition) is 5. The Kier molecular flexibility index (Phi) is 5.68. The molecule has 0 bridgehead atoms. The second-order valence-electron chi connectivity index (χ2n) is 6.96. The van der Waals surface area contributed by atoms with E-state index in [2.05, 4.69) is 5.10 Å². The van der Waals surface area contributed by atoms with Crippen LogP contribution in [0.4, 0.5) is 0 Å². The van der Waals surface area contributed by atoms with Gasteiger partial charge in [-0.3, -0.25) is 4.68 Å². The van der Waals surface area contributed by atoms with Crippen LogP contribution in [0.25, 0.3) is 0 Å². The van der Waals surface area contributed by atoms with E-state index in [0.717, 1.165) is 11.1 Å². The molecule has 2 heterocycles. The molecule has 1 fully saturated rings. The molecular weight excluding hydrogens is 400 g/mol. The lowest BCUT2D eigenvalue weighted by Crippen LogP contribution is -2.50.